The van der Waals surface area contributed by atoms with Crippen LogP contribution < -0.4 is 0 Å². The van der Waals surface area contributed by atoms with Crippen LogP contribution >= 0.6 is 0 Å². The standard InChI is InChI=1S/C20H25FN4O/c1-3-25-16(2)18(14-22-25)7-8-20(26)24-11-9-23(10-12-24)15-17-5-4-6-19(21)13-17/h4-8,13-14H,3,9-12,15H2,1-2H3/b8-7+. The first-order chi connectivity index (χ1) is 12.6. The van der Waals surface area contributed by atoms with E-state index in [0.29, 0.717) is 19.6 Å². The van der Waals surface area contributed by atoms with Crippen molar-refractivity contribution in [3.63, 3.8) is 0 Å². The number of nitrogens with zero attached hydrogens (tertiary/aromatic N) is 4. The van der Waals surface area contributed by atoms with Gasteiger partial charge in [0.25, 0.3) is 0 Å². The first-order valence-corrected chi connectivity index (χ1v) is 9.03. The third-order valence-electron chi connectivity index (χ3n) is 4.83. The van der Waals surface area contributed by atoms with Crippen molar-refractivity contribution in [2.24, 2.45) is 0 Å². The molecule has 0 aliphatic carbocycles. The van der Waals surface area contributed by atoms with Crippen molar-refractivity contribution in [1.82, 2.24) is 19.6 Å². The summed E-state index contributed by atoms with van der Waals surface area (Å²) in [6.45, 7) is 8.54. The van der Waals surface area contributed by atoms with Crippen LogP contribution in [0.2, 0.25) is 0 Å². The highest BCUT2D eigenvalue weighted by Gasteiger charge is 2.19. The Kier molecular flexibility index (Phi) is 5.83. The Balaban J connectivity index is 1.51. The zero-order chi connectivity index (χ0) is 18.5. The molecule has 2 aromatic rings. The van der Waals surface area contributed by atoms with E-state index in [2.05, 4.69) is 10.00 Å². The molecule has 0 bridgehead atoms. The topological polar surface area (TPSA) is 41.4 Å². The zero-order valence-electron chi connectivity index (χ0n) is 15.4. The summed E-state index contributed by atoms with van der Waals surface area (Å²) < 4.78 is 15.2. The quantitative estimate of drug-likeness (QED) is 0.774. The molecule has 3 rings (SSSR count). The molecule has 5 nitrogen and oxygen atoms in total. The largest absolute Gasteiger partial charge is 0.337 e. The van der Waals surface area contributed by atoms with Crippen molar-refractivity contribution in [2.75, 3.05) is 26.2 Å². The highest BCUT2D eigenvalue weighted by Crippen LogP contribution is 2.12. The average Bonchev–Trinajstić information content (AvgIpc) is 3.00. The van der Waals surface area contributed by atoms with Crippen molar-refractivity contribution in [1.29, 1.82) is 0 Å². The second-order valence-corrected chi connectivity index (χ2v) is 6.57. The monoisotopic (exact) mass is 356 g/mol. The molecule has 1 aliphatic rings. The first kappa shape index (κ1) is 18.3. The lowest BCUT2D eigenvalue weighted by atomic mass is 10.2. The molecule has 6 heteroatoms. The third kappa shape index (κ3) is 4.38. The van der Waals surface area contributed by atoms with Gasteiger partial charge in [-0.3, -0.25) is 14.4 Å². The number of carbonyl (C=O) groups excluding carboxylic acids is 1. The van der Waals surface area contributed by atoms with Crippen LogP contribution in [-0.4, -0.2) is 51.7 Å². The number of amides is 1. The van der Waals surface area contributed by atoms with Crippen molar-refractivity contribution >= 4 is 12.0 Å². The van der Waals surface area contributed by atoms with E-state index in [0.717, 1.165) is 36.5 Å². The number of carbonyl (C=O) groups is 1. The molecular formula is C20H25FN4O. The van der Waals surface area contributed by atoms with Gasteiger partial charge in [0.15, 0.2) is 0 Å². The van der Waals surface area contributed by atoms with E-state index >= 15 is 0 Å². The van der Waals surface area contributed by atoms with Gasteiger partial charge in [0, 0.05) is 56.6 Å². The molecule has 0 saturated carbocycles. The Morgan fingerprint density at radius 3 is 2.69 bits per heavy atom. The van der Waals surface area contributed by atoms with Gasteiger partial charge in [-0.15, -0.1) is 0 Å². The second-order valence-electron chi connectivity index (χ2n) is 6.57. The zero-order valence-corrected chi connectivity index (χ0v) is 15.4. The van der Waals surface area contributed by atoms with Gasteiger partial charge >= 0.3 is 0 Å². The van der Waals surface area contributed by atoms with Gasteiger partial charge in [0.1, 0.15) is 5.82 Å². The van der Waals surface area contributed by atoms with Crippen LogP contribution in [0.1, 0.15) is 23.7 Å². The molecular weight excluding hydrogens is 331 g/mol. The molecule has 0 N–H and O–H groups in total. The number of halogens is 1. The SMILES string of the molecule is CCn1ncc(/C=C/C(=O)N2CCN(Cc3cccc(F)c3)CC2)c1C. The minimum Gasteiger partial charge on any atom is -0.337 e. The number of benzene rings is 1. The van der Waals surface area contributed by atoms with E-state index in [4.69, 9.17) is 0 Å². The Bertz CT molecular complexity index is 791. The van der Waals surface area contributed by atoms with E-state index in [1.165, 1.54) is 6.07 Å². The Labute approximate surface area is 153 Å². The molecule has 0 radical (unpaired) electrons. The third-order valence-corrected chi connectivity index (χ3v) is 4.83. The molecule has 1 aliphatic heterocycles. The van der Waals surface area contributed by atoms with Crippen LogP contribution in [0, 0.1) is 12.7 Å². The summed E-state index contributed by atoms with van der Waals surface area (Å²) in [6.07, 6.45) is 5.27. The summed E-state index contributed by atoms with van der Waals surface area (Å²) in [5, 5.41) is 4.29. The van der Waals surface area contributed by atoms with Crippen molar-refractivity contribution in [3.8, 4) is 0 Å². The summed E-state index contributed by atoms with van der Waals surface area (Å²) in [7, 11) is 0. The van der Waals surface area contributed by atoms with Gasteiger partial charge < -0.3 is 4.90 Å². The number of rotatable bonds is 5. The van der Waals surface area contributed by atoms with Gasteiger partial charge in [-0.25, -0.2) is 4.39 Å². The highest BCUT2D eigenvalue weighted by atomic mass is 19.1. The van der Waals surface area contributed by atoms with E-state index in [1.807, 2.05) is 35.6 Å². The fraction of sp³-hybridized carbons (Fsp3) is 0.400. The van der Waals surface area contributed by atoms with Gasteiger partial charge in [0.2, 0.25) is 5.91 Å². The number of hydrogen-bond donors (Lipinski definition) is 0. The predicted molar refractivity (Wildman–Crippen MR) is 99.9 cm³/mol. The molecule has 138 valence electrons. The summed E-state index contributed by atoms with van der Waals surface area (Å²) in [4.78, 5) is 16.5. The molecule has 1 saturated heterocycles. The molecule has 0 spiro atoms. The van der Waals surface area contributed by atoms with Gasteiger partial charge in [-0.2, -0.15) is 5.10 Å². The minimum atomic E-state index is -0.205. The smallest absolute Gasteiger partial charge is 0.246 e. The average molecular weight is 356 g/mol. The molecule has 1 fully saturated rings. The van der Waals surface area contributed by atoms with Crippen molar-refractivity contribution < 1.29 is 9.18 Å². The maximum atomic E-state index is 13.3. The van der Waals surface area contributed by atoms with Crippen LogP contribution in [0.3, 0.4) is 0 Å². The maximum absolute atomic E-state index is 13.3. The van der Waals surface area contributed by atoms with Crippen LogP contribution in [0.4, 0.5) is 4.39 Å². The van der Waals surface area contributed by atoms with Gasteiger partial charge in [0.05, 0.1) is 6.20 Å². The Hall–Kier alpha value is -2.47. The van der Waals surface area contributed by atoms with Gasteiger partial charge in [-0.05, 0) is 37.6 Å². The summed E-state index contributed by atoms with van der Waals surface area (Å²) >= 11 is 0. The Morgan fingerprint density at radius 2 is 2.04 bits per heavy atom. The number of aryl methyl sites for hydroxylation is 1. The van der Waals surface area contributed by atoms with Crippen LogP contribution in [0.25, 0.3) is 6.08 Å². The van der Waals surface area contributed by atoms with E-state index in [1.54, 1.807) is 24.4 Å². The van der Waals surface area contributed by atoms with Crippen molar-refractivity contribution in [3.05, 3.63) is 59.2 Å². The molecule has 2 heterocycles. The second kappa shape index (κ2) is 8.27. The van der Waals surface area contributed by atoms with E-state index in [-0.39, 0.29) is 11.7 Å². The molecule has 0 unspecified atom stereocenters. The lowest BCUT2D eigenvalue weighted by molar-refractivity contribution is -0.127. The van der Waals surface area contributed by atoms with Crippen LogP contribution in [-0.2, 0) is 17.9 Å². The maximum Gasteiger partial charge on any atom is 0.246 e. The van der Waals surface area contributed by atoms with Gasteiger partial charge in [-0.1, -0.05) is 12.1 Å². The Morgan fingerprint density at radius 1 is 1.27 bits per heavy atom. The lowest BCUT2D eigenvalue weighted by Crippen LogP contribution is -2.47. The first-order valence-electron chi connectivity index (χ1n) is 9.03. The summed E-state index contributed by atoms with van der Waals surface area (Å²) in [5.41, 5.74) is 3.01. The number of hydrogen-bond acceptors (Lipinski definition) is 3. The minimum absolute atomic E-state index is 0.0269. The van der Waals surface area contributed by atoms with Crippen LogP contribution in [0.15, 0.2) is 36.5 Å². The highest BCUT2D eigenvalue weighted by molar-refractivity contribution is 5.92. The van der Waals surface area contributed by atoms with Crippen molar-refractivity contribution in [2.45, 2.75) is 26.9 Å². The van der Waals surface area contributed by atoms with Crippen LogP contribution in [0.5, 0.6) is 0 Å². The molecule has 26 heavy (non-hydrogen) atoms. The lowest BCUT2D eigenvalue weighted by Gasteiger charge is -2.34. The number of piperazine rings is 1. The van der Waals surface area contributed by atoms with E-state index in [9.17, 15) is 9.18 Å². The fourth-order valence-electron chi connectivity index (χ4n) is 3.23. The predicted octanol–water partition coefficient (Wildman–Crippen LogP) is 2.71. The normalized spacial score (nSPS) is 15.7. The summed E-state index contributed by atoms with van der Waals surface area (Å²) in [6, 6.07) is 6.69. The molecule has 1 aromatic carbocycles. The van der Waals surface area contributed by atoms with E-state index < -0.39 is 0 Å². The fourth-order valence-corrected chi connectivity index (χ4v) is 3.23. The molecule has 1 aromatic heterocycles. The summed E-state index contributed by atoms with van der Waals surface area (Å²) in [5.74, 6) is -0.179. The molecule has 0 atom stereocenters. The number of aromatic nitrogens is 2. The molecule has 1 amide bonds.